The van der Waals surface area contributed by atoms with E-state index in [1.54, 1.807) is 46.5 Å². The number of nitrogens with zero attached hydrogens (tertiary/aromatic N) is 4. The average molecular weight is 464 g/mol. The lowest BCUT2D eigenvalue weighted by Gasteiger charge is -2.34. The number of benzene rings is 2. The first-order valence-corrected chi connectivity index (χ1v) is 11.4. The van der Waals surface area contributed by atoms with Gasteiger partial charge in [0.2, 0.25) is 5.91 Å². The van der Waals surface area contributed by atoms with Gasteiger partial charge in [-0.05, 0) is 51.1 Å². The Labute approximate surface area is 198 Å². The first-order chi connectivity index (χ1) is 16.3. The molecular weight excluding hydrogens is 434 g/mol. The van der Waals surface area contributed by atoms with Crippen molar-refractivity contribution in [3.05, 3.63) is 59.8 Å². The van der Waals surface area contributed by atoms with Crippen molar-refractivity contribution < 1.29 is 19.1 Å². The molecule has 0 atom stereocenters. The Morgan fingerprint density at radius 2 is 1.68 bits per heavy atom. The summed E-state index contributed by atoms with van der Waals surface area (Å²) in [4.78, 5) is 41.0. The number of hydrogen-bond donors (Lipinski definition) is 1. The van der Waals surface area contributed by atoms with E-state index in [1.165, 1.54) is 0 Å². The Morgan fingerprint density at radius 3 is 2.35 bits per heavy atom. The van der Waals surface area contributed by atoms with E-state index in [4.69, 9.17) is 4.74 Å². The van der Waals surface area contributed by atoms with E-state index in [0.717, 1.165) is 16.6 Å². The van der Waals surface area contributed by atoms with Gasteiger partial charge in [0.15, 0.2) is 0 Å². The van der Waals surface area contributed by atoms with E-state index in [0.29, 0.717) is 37.4 Å². The fourth-order valence-electron chi connectivity index (χ4n) is 4.00. The molecule has 0 radical (unpaired) electrons. The lowest BCUT2D eigenvalue weighted by Crippen LogP contribution is -2.51. The van der Waals surface area contributed by atoms with Crippen molar-refractivity contribution >= 4 is 34.5 Å². The number of rotatable bonds is 5. The zero-order valence-electron chi connectivity index (χ0n) is 19.7. The zero-order valence-corrected chi connectivity index (χ0v) is 19.7. The van der Waals surface area contributed by atoms with Crippen molar-refractivity contribution in [1.29, 1.82) is 0 Å². The van der Waals surface area contributed by atoms with E-state index in [1.807, 2.05) is 37.3 Å². The molecule has 1 fully saturated rings. The van der Waals surface area contributed by atoms with E-state index in [2.05, 4.69) is 10.4 Å². The minimum Gasteiger partial charge on any atom is -0.447 e. The highest BCUT2D eigenvalue weighted by atomic mass is 16.6. The number of hydrogen-bond acceptors (Lipinski definition) is 5. The Balaban J connectivity index is 1.38. The number of ether oxygens (including phenoxy) is 1. The first kappa shape index (κ1) is 23.3. The van der Waals surface area contributed by atoms with Crippen molar-refractivity contribution in [2.45, 2.75) is 33.4 Å². The van der Waals surface area contributed by atoms with Crippen LogP contribution in [0.3, 0.4) is 0 Å². The van der Waals surface area contributed by atoms with Gasteiger partial charge in [0.1, 0.15) is 6.54 Å². The number of aromatic nitrogens is 2. The fourth-order valence-corrected chi connectivity index (χ4v) is 4.00. The highest BCUT2D eigenvalue weighted by Gasteiger charge is 2.25. The van der Waals surface area contributed by atoms with Crippen LogP contribution >= 0.6 is 0 Å². The minimum absolute atomic E-state index is 0.0106. The molecule has 2 heterocycles. The number of carbonyl (C=O) groups is 3. The third-order valence-electron chi connectivity index (χ3n) is 5.82. The summed E-state index contributed by atoms with van der Waals surface area (Å²) in [5, 5.41) is 8.13. The molecule has 3 amide bonds. The largest absolute Gasteiger partial charge is 0.447 e. The number of amides is 3. The number of aryl methyl sites for hydroxylation is 1. The van der Waals surface area contributed by atoms with Crippen LogP contribution in [-0.2, 0) is 16.1 Å². The highest BCUT2D eigenvalue weighted by molar-refractivity contribution is 5.94. The van der Waals surface area contributed by atoms with Crippen LogP contribution in [0.5, 0.6) is 0 Å². The monoisotopic (exact) mass is 463 g/mol. The lowest BCUT2D eigenvalue weighted by atomic mass is 10.2. The summed E-state index contributed by atoms with van der Waals surface area (Å²) in [5.41, 5.74) is 2.84. The molecule has 2 aromatic carbocycles. The number of fused-ring (bicyclic) bond motifs is 1. The normalized spacial score (nSPS) is 13.9. The first-order valence-electron chi connectivity index (χ1n) is 11.4. The van der Waals surface area contributed by atoms with Crippen molar-refractivity contribution in [2.24, 2.45) is 0 Å². The lowest BCUT2D eigenvalue weighted by molar-refractivity contribution is -0.133. The van der Waals surface area contributed by atoms with Crippen LogP contribution in [0.1, 0.15) is 29.9 Å². The molecule has 9 heteroatoms. The van der Waals surface area contributed by atoms with Crippen molar-refractivity contribution in [2.75, 3.05) is 31.5 Å². The standard InChI is InChI=1S/C25H29N5O4/c1-17(2)34-25(33)26-20-9-10-22-21(15-20)18(3)30(27-22)16-23(31)28-11-13-29(14-12-28)24(32)19-7-5-4-6-8-19/h4-10,15,17H,11-14,16H2,1-3H3,(H,26,33). The van der Waals surface area contributed by atoms with Gasteiger partial charge in [0, 0.05) is 48.5 Å². The predicted octanol–water partition coefficient (Wildman–Crippen LogP) is 3.29. The summed E-state index contributed by atoms with van der Waals surface area (Å²) in [5.74, 6) is -0.0508. The maximum Gasteiger partial charge on any atom is 0.411 e. The van der Waals surface area contributed by atoms with Gasteiger partial charge >= 0.3 is 6.09 Å². The Kier molecular flexibility index (Phi) is 6.81. The molecule has 9 nitrogen and oxygen atoms in total. The van der Waals surface area contributed by atoms with E-state index in [9.17, 15) is 14.4 Å². The average Bonchev–Trinajstić information content (AvgIpc) is 3.13. The molecular formula is C25H29N5O4. The number of anilines is 1. The van der Waals surface area contributed by atoms with Gasteiger partial charge in [-0.2, -0.15) is 5.10 Å². The maximum absolute atomic E-state index is 12.9. The molecule has 1 aliphatic rings. The molecule has 4 rings (SSSR count). The molecule has 1 N–H and O–H groups in total. The molecule has 1 saturated heterocycles. The topological polar surface area (TPSA) is 96.8 Å². The van der Waals surface area contributed by atoms with Crippen LogP contribution in [0.2, 0.25) is 0 Å². The van der Waals surface area contributed by atoms with Gasteiger partial charge in [-0.15, -0.1) is 0 Å². The summed E-state index contributed by atoms with van der Waals surface area (Å²) < 4.78 is 6.81. The van der Waals surface area contributed by atoms with E-state index < -0.39 is 6.09 Å². The summed E-state index contributed by atoms with van der Waals surface area (Å²) in [6, 6.07) is 14.6. The van der Waals surface area contributed by atoms with Crippen LogP contribution in [0, 0.1) is 6.92 Å². The molecule has 3 aromatic rings. The third-order valence-corrected chi connectivity index (χ3v) is 5.82. The zero-order chi connectivity index (χ0) is 24.2. The Morgan fingerprint density at radius 1 is 1.00 bits per heavy atom. The summed E-state index contributed by atoms with van der Waals surface area (Å²) in [6.45, 7) is 7.57. The second-order valence-corrected chi connectivity index (χ2v) is 8.59. The SMILES string of the molecule is Cc1c2cc(NC(=O)OC(C)C)ccc2nn1CC(=O)N1CCN(C(=O)c2ccccc2)CC1. The summed E-state index contributed by atoms with van der Waals surface area (Å²) in [7, 11) is 0. The van der Waals surface area contributed by atoms with Gasteiger partial charge in [-0.1, -0.05) is 18.2 Å². The molecule has 0 aliphatic carbocycles. The second-order valence-electron chi connectivity index (χ2n) is 8.59. The summed E-state index contributed by atoms with van der Waals surface area (Å²) >= 11 is 0. The van der Waals surface area contributed by atoms with Crippen LogP contribution in [0.15, 0.2) is 48.5 Å². The van der Waals surface area contributed by atoms with Gasteiger partial charge in [-0.25, -0.2) is 4.79 Å². The van der Waals surface area contributed by atoms with Gasteiger partial charge in [0.05, 0.1) is 11.6 Å². The van der Waals surface area contributed by atoms with Crippen molar-refractivity contribution in [3.8, 4) is 0 Å². The fraction of sp³-hybridized carbons (Fsp3) is 0.360. The number of piperazine rings is 1. The third kappa shape index (κ3) is 5.19. The maximum atomic E-state index is 12.9. The molecule has 0 unspecified atom stereocenters. The quantitative estimate of drug-likeness (QED) is 0.626. The number of nitrogens with one attached hydrogen (secondary N) is 1. The molecule has 178 valence electrons. The van der Waals surface area contributed by atoms with Crippen LogP contribution in [-0.4, -0.2) is 69.8 Å². The van der Waals surface area contributed by atoms with Crippen LogP contribution < -0.4 is 5.32 Å². The molecule has 0 saturated carbocycles. The van der Waals surface area contributed by atoms with Crippen molar-refractivity contribution in [1.82, 2.24) is 19.6 Å². The molecule has 0 spiro atoms. The van der Waals surface area contributed by atoms with E-state index >= 15 is 0 Å². The molecule has 34 heavy (non-hydrogen) atoms. The highest BCUT2D eigenvalue weighted by Crippen LogP contribution is 2.22. The molecule has 0 bridgehead atoms. The van der Waals surface area contributed by atoms with Crippen LogP contribution in [0.4, 0.5) is 10.5 Å². The smallest absolute Gasteiger partial charge is 0.411 e. The van der Waals surface area contributed by atoms with E-state index in [-0.39, 0.29) is 24.5 Å². The number of carbonyl (C=O) groups excluding carboxylic acids is 3. The Hall–Kier alpha value is -3.88. The van der Waals surface area contributed by atoms with Gasteiger partial charge in [0.25, 0.3) is 5.91 Å². The van der Waals surface area contributed by atoms with Crippen LogP contribution in [0.25, 0.3) is 10.9 Å². The molecule has 1 aliphatic heterocycles. The predicted molar refractivity (Wildman–Crippen MR) is 129 cm³/mol. The minimum atomic E-state index is -0.514. The Bertz CT molecular complexity index is 1200. The second kappa shape index (κ2) is 9.94. The summed E-state index contributed by atoms with van der Waals surface area (Å²) in [6.07, 6.45) is -0.725. The molecule has 1 aromatic heterocycles. The van der Waals surface area contributed by atoms with Gasteiger partial charge in [-0.3, -0.25) is 19.6 Å². The van der Waals surface area contributed by atoms with Gasteiger partial charge < -0.3 is 14.5 Å². The van der Waals surface area contributed by atoms with Crippen molar-refractivity contribution in [3.63, 3.8) is 0 Å².